The first-order chi connectivity index (χ1) is 17.5. The van der Waals surface area contributed by atoms with Gasteiger partial charge in [-0.1, -0.05) is 0 Å². The molecule has 0 aliphatic carbocycles. The number of pyridine rings is 1. The number of ketones is 1. The maximum absolute atomic E-state index is 13.4. The Morgan fingerprint density at radius 1 is 1.00 bits per heavy atom. The van der Waals surface area contributed by atoms with Crippen molar-refractivity contribution in [2.75, 3.05) is 20.7 Å². The summed E-state index contributed by atoms with van der Waals surface area (Å²) in [6.07, 6.45) is 3.22. The van der Waals surface area contributed by atoms with E-state index in [1.165, 1.54) is 12.0 Å². The number of likely N-dealkylation sites (tertiary alicyclic amines) is 1. The van der Waals surface area contributed by atoms with Crippen LogP contribution >= 0.6 is 0 Å². The van der Waals surface area contributed by atoms with Crippen LogP contribution in [0.2, 0.25) is 0 Å². The van der Waals surface area contributed by atoms with Crippen molar-refractivity contribution >= 4 is 17.4 Å². The van der Waals surface area contributed by atoms with Gasteiger partial charge in [0.25, 0.3) is 11.7 Å². The van der Waals surface area contributed by atoms with Crippen molar-refractivity contribution < 1.29 is 38.4 Å². The highest BCUT2D eigenvalue weighted by atomic mass is 16.7. The molecule has 3 aliphatic rings. The predicted molar refractivity (Wildman–Crippen MR) is 124 cm³/mol. The largest absolute Gasteiger partial charge is 0.507 e. The molecule has 1 aromatic heterocycles. The number of amides is 1. The minimum Gasteiger partial charge on any atom is -0.507 e. The van der Waals surface area contributed by atoms with E-state index >= 15 is 0 Å². The van der Waals surface area contributed by atoms with Gasteiger partial charge in [0, 0.05) is 24.5 Å². The molecule has 10 nitrogen and oxygen atoms in total. The molecule has 182 valence electrons. The monoisotopic (exact) mass is 488 g/mol. The van der Waals surface area contributed by atoms with Gasteiger partial charge in [0.1, 0.15) is 5.76 Å². The molecule has 1 amide bonds. The zero-order valence-corrected chi connectivity index (χ0v) is 19.1. The molecule has 6 rings (SSSR count). The van der Waals surface area contributed by atoms with Gasteiger partial charge in [0.2, 0.25) is 19.3 Å². The van der Waals surface area contributed by atoms with E-state index < -0.39 is 17.7 Å². The summed E-state index contributed by atoms with van der Waals surface area (Å²) < 4.78 is 27.3. The number of Topliss-reactive ketones (excluding diaryl/α,β-unsaturated/α-hetero) is 1. The van der Waals surface area contributed by atoms with Gasteiger partial charge in [-0.15, -0.1) is 0 Å². The van der Waals surface area contributed by atoms with Gasteiger partial charge < -0.3 is 33.7 Å². The molecular formula is C26H20N2O8. The van der Waals surface area contributed by atoms with Crippen molar-refractivity contribution in [3.8, 4) is 28.7 Å². The maximum atomic E-state index is 13.4. The number of benzene rings is 2. The highest BCUT2D eigenvalue weighted by Crippen LogP contribution is 2.48. The lowest BCUT2D eigenvalue weighted by Crippen LogP contribution is -2.29. The first kappa shape index (κ1) is 21.8. The highest BCUT2D eigenvalue weighted by Gasteiger charge is 2.47. The third-order valence-electron chi connectivity index (χ3n) is 6.28. The summed E-state index contributed by atoms with van der Waals surface area (Å²) in [4.78, 5) is 32.1. The zero-order chi connectivity index (χ0) is 24.8. The van der Waals surface area contributed by atoms with Crippen molar-refractivity contribution in [2.24, 2.45) is 0 Å². The summed E-state index contributed by atoms with van der Waals surface area (Å²) in [7, 11) is 1.49. The predicted octanol–water partition coefficient (Wildman–Crippen LogP) is 3.17. The van der Waals surface area contributed by atoms with Crippen LogP contribution in [0.3, 0.4) is 0 Å². The van der Waals surface area contributed by atoms with Crippen LogP contribution in [0.1, 0.15) is 22.7 Å². The Labute approximate surface area is 205 Å². The van der Waals surface area contributed by atoms with Gasteiger partial charge in [-0.25, -0.2) is 0 Å². The number of methoxy groups -OCH3 is 1. The maximum Gasteiger partial charge on any atom is 0.295 e. The van der Waals surface area contributed by atoms with Crippen LogP contribution in [-0.2, 0) is 16.1 Å². The third kappa shape index (κ3) is 3.46. The van der Waals surface area contributed by atoms with E-state index in [4.69, 9.17) is 23.7 Å². The van der Waals surface area contributed by atoms with Crippen molar-refractivity contribution in [1.29, 1.82) is 0 Å². The van der Waals surface area contributed by atoms with Gasteiger partial charge in [-0.2, -0.15) is 0 Å². The standard InChI is InChI=1S/C26H20N2O8/c1-32-19-9-16(10-20-25(19)36-13-35-20)22-21(23(29)15-2-3-17-18(8-15)34-12-33-17)24(30)26(31)28(22)11-14-4-6-27-7-5-14/h2-10,22,29H,11-13H2,1H3. The second-order valence-electron chi connectivity index (χ2n) is 8.31. The normalized spacial score (nSPS) is 19.1. The lowest BCUT2D eigenvalue weighted by molar-refractivity contribution is -0.140. The third-order valence-corrected chi connectivity index (χ3v) is 6.28. The van der Waals surface area contributed by atoms with Crippen molar-refractivity contribution in [1.82, 2.24) is 9.88 Å². The Morgan fingerprint density at radius 2 is 1.75 bits per heavy atom. The summed E-state index contributed by atoms with van der Waals surface area (Å²) in [6.45, 7) is 0.197. The van der Waals surface area contributed by atoms with E-state index in [0.29, 0.717) is 39.9 Å². The number of aromatic nitrogens is 1. The summed E-state index contributed by atoms with van der Waals surface area (Å²) in [5.41, 5.74) is 1.55. The Bertz CT molecular complexity index is 1420. The van der Waals surface area contributed by atoms with Crippen LogP contribution in [0.15, 0.2) is 60.4 Å². The number of hydrogen-bond donors (Lipinski definition) is 1. The van der Waals surface area contributed by atoms with Crippen LogP contribution < -0.4 is 23.7 Å². The number of ether oxygens (including phenoxy) is 5. The first-order valence-electron chi connectivity index (χ1n) is 11.1. The molecular weight excluding hydrogens is 468 g/mol. The molecule has 10 heteroatoms. The molecule has 0 radical (unpaired) electrons. The van der Waals surface area contributed by atoms with Crippen molar-refractivity contribution in [2.45, 2.75) is 12.6 Å². The SMILES string of the molecule is COc1cc(C2C(=C(O)c3ccc4c(c3)OCO4)C(=O)C(=O)N2Cc2ccncc2)cc2c1OCO2. The number of nitrogens with zero attached hydrogens (tertiary/aromatic N) is 2. The Morgan fingerprint density at radius 3 is 2.56 bits per heavy atom. The number of aliphatic hydroxyl groups is 1. The molecule has 1 N–H and O–H groups in total. The van der Waals surface area contributed by atoms with E-state index in [0.717, 1.165) is 5.56 Å². The summed E-state index contributed by atoms with van der Waals surface area (Å²) in [5, 5.41) is 11.4. The summed E-state index contributed by atoms with van der Waals surface area (Å²) in [6, 6.07) is 10.8. The molecule has 0 spiro atoms. The average molecular weight is 488 g/mol. The Kier molecular flexibility index (Phi) is 5.14. The van der Waals surface area contributed by atoms with Crippen LogP contribution in [0.5, 0.6) is 28.7 Å². The summed E-state index contributed by atoms with van der Waals surface area (Å²) >= 11 is 0. The second-order valence-corrected chi connectivity index (χ2v) is 8.31. The number of fused-ring (bicyclic) bond motifs is 2. The number of hydrogen-bond acceptors (Lipinski definition) is 9. The zero-order valence-electron chi connectivity index (χ0n) is 19.1. The molecule has 1 atom stereocenters. The van der Waals surface area contributed by atoms with Crippen molar-refractivity contribution in [3.63, 3.8) is 0 Å². The van der Waals surface area contributed by atoms with Gasteiger partial charge in [0.05, 0.1) is 18.7 Å². The van der Waals surface area contributed by atoms with Crippen LogP contribution in [0, 0.1) is 0 Å². The highest BCUT2D eigenvalue weighted by molar-refractivity contribution is 6.46. The minimum absolute atomic E-state index is 0.0174. The fraction of sp³-hybridized carbons (Fsp3) is 0.192. The molecule has 36 heavy (non-hydrogen) atoms. The van der Waals surface area contributed by atoms with Crippen LogP contribution in [0.4, 0.5) is 0 Å². The summed E-state index contributed by atoms with van der Waals surface area (Å²) in [5.74, 6) is 0.331. The topological polar surface area (TPSA) is 117 Å². The van der Waals surface area contributed by atoms with E-state index in [-0.39, 0.29) is 31.5 Å². The molecule has 1 saturated heterocycles. The Hall–Kier alpha value is -4.73. The average Bonchev–Trinajstić information content (AvgIpc) is 3.63. The molecule has 1 unspecified atom stereocenters. The number of rotatable bonds is 5. The number of aliphatic hydroxyl groups excluding tert-OH is 1. The first-order valence-corrected chi connectivity index (χ1v) is 11.1. The quantitative estimate of drug-likeness (QED) is 0.328. The number of carbonyl (C=O) groups is 2. The Balaban J connectivity index is 1.52. The molecule has 4 heterocycles. The molecule has 3 aliphatic heterocycles. The van der Waals surface area contributed by atoms with E-state index in [1.54, 1.807) is 54.9 Å². The van der Waals surface area contributed by atoms with Gasteiger partial charge in [-0.3, -0.25) is 14.6 Å². The van der Waals surface area contributed by atoms with Crippen LogP contribution in [-0.4, -0.2) is 47.4 Å². The second kappa shape index (κ2) is 8.49. The molecule has 0 bridgehead atoms. The fourth-order valence-electron chi connectivity index (χ4n) is 4.58. The lowest BCUT2D eigenvalue weighted by atomic mass is 9.94. The minimum atomic E-state index is -0.924. The number of carbonyl (C=O) groups excluding carboxylic acids is 2. The van der Waals surface area contributed by atoms with Gasteiger partial charge in [0.15, 0.2) is 23.0 Å². The lowest BCUT2D eigenvalue weighted by Gasteiger charge is -2.26. The smallest absolute Gasteiger partial charge is 0.295 e. The van der Waals surface area contributed by atoms with Gasteiger partial charge in [-0.05, 0) is 53.6 Å². The van der Waals surface area contributed by atoms with Crippen molar-refractivity contribution in [3.05, 3.63) is 77.1 Å². The van der Waals surface area contributed by atoms with Gasteiger partial charge >= 0.3 is 0 Å². The van der Waals surface area contributed by atoms with E-state index in [2.05, 4.69) is 4.98 Å². The molecule has 3 aromatic rings. The van der Waals surface area contributed by atoms with E-state index in [9.17, 15) is 14.7 Å². The molecule has 1 fully saturated rings. The fourth-order valence-corrected chi connectivity index (χ4v) is 4.58. The molecule has 0 saturated carbocycles. The van der Waals surface area contributed by atoms with Crippen LogP contribution in [0.25, 0.3) is 5.76 Å². The molecule has 2 aromatic carbocycles. The van der Waals surface area contributed by atoms with E-state index in [1.807, 2.05) is 0 Å².